The van der Waals surface area contributed by atoms with Gasteiger partial charge in [-0.15, -0.1) is 0 Å². The molecule has 0 spiro atoms. The number of hydrogen-bond donors (Lipinski definition) is 0. The molecule has 0 radical (unpaired) electrons. The average molecular weight is 377 g/mol. The molecule has 0 heterocycles. The molecule has 0 aliphatic rings. The van der Waals surface area contributed by atoms with Crippen molar-refractivity contribution in [3.05, 3.63) is 96.1 Å². The number of ether oxygens (including phenoxy) is 1. The van der Waals surface area contributed by atoms with E-state index in [-0.39, 0.29) is 23.2 Å². The fourth-order valence-electron chi connectivity index (χ4n) is 2.76. The molecule has 0 aromatic heterocycles. The van der Waals surface area contributed by atoms with Crippen LogP contribution in [-0.2, 0) is 28.4 Å². The van der Waals surface area contributed by atoms with E-state index in [4.69, 9.17) is 4.74 Å². The maximum atomic E-state index is 5.70. The second kappa shape index (κ2) is 11.8. The molecule has 0 saturated carbocycles. The van der Waals surface area contributed by atoms with Crippen LogP contribution in [0, 0.1) is 0 Å². The molecule has 3 aromatic carbocycles. The van der Waals surface area contributed by atoms with Crippen molar-refractivity contribution in [1.82, 2.24) is 4.90 Å². The maximum absolute atomic E-state index is 5.70. The van der Waals surface area contributed by atoms with E-state index in [2.05, 4.69) is 67.4 Å². The second-order valence-electron chi connectivity index (χ2n) is 5.98. The van der Waals surface area contributed by atoms with Crippen LogP contribution in [-0.4, -0.2) is 25.1 Å². The van der Waals surface area contributed by atoms with Gasteiger partial charge in [0.25, 0.3) is 0 Å². The topological polar surface area (TPSA) is 12.5 Å². The predicted molar refractivity (Wildman–Crippen MR) is 101 cm³/mol. The standard InChI is InChI=1S/C17H22NO.C5H5.Fe/c1-14(18(2)13-15-9-7-8-10-15)17(19-3)16-11-5-4-6-12-16;1-2-4-5-3-1;/h4-12,14,17H,13H2,1-3H3;1-5H;/q2*-1;+2/t14-,17-;;/m0../s1. The van der Waals surface area contributed by atoms with Crippen molar-refractivity contribution in [3.8, 4) is 0 Å². The molecule has 0 aliphatic carbocycles. The summed E-state index contributed by atoms with van der Waals surface area (Å²) in [6, 6.07) is 29.2. The monoisotopic (exact) mass is 377 g/mol. The van der Waals surface area contributed by atoms with E-state index >= 15 is 0 Å². The Kier molecular flexibility index (Phi) is 10.1. The van der Waals surface area contributed by atoms with Gasteiger partial charge in [0.15, 0.2) is 0 Å². The third-order valence-electron chi connectivity index (χ3n) is 4.23. The molecule has 3 rings (SSSR count). The number of hydrogen-bond acceptors (Lipinski definition) is 2. The Morgan fingerprint density at radius 2 is 1.64 bits per heavy atom. The Hall–Kier alpha value is -1.64. The Morgan fingerprint density at radius 1 is 0.960 bits per heavy atom. The van der Waals surface area contributed by atoms with Gasteiger partial charge in [0, 0.05) is 13.2 Å². The van der Waals surface area contributed by atoms with Gasteiger partial charge in [-0.1, -0.05) is 30.3 Å². The molecule has 2 nitrogen and oxygen atoms in total. The SMILES string of the molecule is CO[C@H](c1ccccc1)[C@H](C)N(C)Cc1cc[cH-]c1.[Fe+2].c1cc[cH-]c1. The normalized spacial score (nSPS) is 12.6. The zero-order valence-corrected chi connectivity index (χ0v) is 16.3. The number of methoxy groups -OCH3 is 1. The smallest absolute Gasteiger partial charge is 0.375 e. The number of nitrogens with zero attached hydrogens (tertiary/aromatic N) is 1. The van der Waals surface area contributed by atoms with Crippen LogP contribution in [0.2, 0.25) is 0 Å². The van der Waals surface area contributed by atoms with Gasteiger partial charge >= 0.3 is 17.1 Å². The van der Waals surface area contributed by atoms with Crippen LogP contribution in [0.15, 0.2) is 84.9 Å². The van der Waals surface area contributed by atoms with E-state index in [1.807, 2.05) is 36.4 Å². The summed E-state index contributed by atoms with van der Waals surface area (Å²) in [5.74, 6) is 0. The molecule has 3 heteroatoms. The third kappa shape index (κ3) is 7.01. The van der Waals surface area contributed by atoms with Gasteiger partial charge in [-0.05, 0) is 26.1 Å². The molecule has 0 saturated heterocycles. The summed E-state index contributed by atoms with van der Waals surface area (Å²) in [6.45, 7) is 3.16. The largest absolute Gasteiger partial charge is 2.00 e. The van der Waals surface area contributed by atoms with Crippen molar-refractivity contribution >= 4 is 0 Å². The van der Waals surface area contributed by atoms with E-state index < -0.39 is 0 Å². The van der Waals surface area contributed by atoms with Gasteiger partial charge in [-0.25, -0.2) is 18.2 Å². The zero-order valence-electron chi connectivity index (χ0n) is 15.2. The predicted octanol–water partition coefficient (Wildman–Crippen LogP) is 5.02. The molecule has 0 fully saturated rings. The van der Waals surface area contributed by atoms with Crippen LogP contribution in [0.25, 0.3) is 0 Å². The summed E-state index contributed by atoms with van der Waals surface area (Å²) < 4.78 is 5.70. The Labute approximate surface area is 162 Å². The van der Waals surface area contributed by atoms with Crippen molar-refractivity contribution in [2.24, 2.45) is 0 Å². The maximum Gasteiger partial charge on any atom is 2.00 e. The van der Waals surface area contributed by atoms with Gasteiger partial charge in [0.2, 0.25) is 0 Å². The molecule has 134 valence electrons. The van der Waals surface area contributed by atoms with E-state index in [0.29, 0.717) is 6.04 Å². The Morgan fingerprint density at radius 3 is 2.12 bits per heavy atom. The van der Waals surface area contributed by atoms with Crippen LogP contribution in [0.4, 0.5) is 0 Å². The molecule has 3 aromatic rings. The number of benzene rings is 1. The van der Waals surface area contributed by atoms with Gasteiger partial charge in [-0.2, -0.15) is 42.0 Å². The Balaban J connectivity index is 0.000000448. The third-order valence-corrected chi connectivity index (χ3v) is 4.23. The summed E-state index contributed by atoms with van der Waals surface area (Å²) in [4.78, 5) is 2.33. The molecule has 0 N–H and O–H groups in total. The van der Waals surface area contributed by atoms with Gasteiger partial charge in [-0.3, -0.25) is 0 Å². The van der Waals surface area contributed by atoms with Crippen molar-refractivity contribution in [1.29, 1.82) is 0 Å². The summed E-state index contributed by atoms with van der Waals surface area (Å²) in [5.41, 5.74) is 2.57. The van der Waals surface area contributed by atoms with Gasteiger partial charge in [0.05, 0.1) is 6.10 Å². The van der Waals surface area contributed by atoms with Crippen LogP contribution in [0.5, 0.6) is 0 Å². The first-order chi connectivity index (χ1) is 11.7. The average Bonchev–Trinajstić information content (AvgIpc) is 3.33. The van der Waals surface area contributed by atoms with Crippen LogP contribution in [0.3, 0.4) is 0 Å². The first-order valence-electron chi connectivity index (χ1n) is 8.37. The molecule has 0 bridgehead atoms. The van der Waals surface area contributed by atoms with Crippen molar-refractivity contribution in [2.45, 2.75) is 25.6 Å². The molecular weight excluding hydrogens is 350 g/mol. The molecular formula is C22H27FeNO. The van der Waals surface area contributed by atoms with Crippen molar-refractivity contribution in [2.75, 3.05) is 14.2 Å². The van der Waals surface area contributed by atoms with E-state index in [1.54, 1.807) is 7.11 Å². The quantitative estimate of drug-likeness (QED) is 0.442. The number of likely N-dealkylation sites (N-methyl/N-ethyl adjacent to an activating group) is 1. The van der Waals surface area contributed by atoms with E-state index in [9.17, 15) is 0 Å². The summed E-state index contributed by atoms with van der Waals surface area (Å²) >= 11 is 0. The minimum Gasteiger partial charge on any atom is -0.375 e. The van der Waals surface area contributed by atoms with Gasteiger partial charge < -0.3 is 9.64 Å². The molecule has 0 unspecified atom stereocenters. The first-order valence-corrected chi connectivity index (χ1v) is 8.37. The van der Waals surface area contributed by atoms with Gasteiger partial charge in [0.1, 0.15) is 0 Å². The molecule has 25 heavy (non-hydrogen) atoms. The fraction of sp³-hybridized carbons (Fsp3) is 0.273. The van der Waals surface area contributed by atoms with Crippen LogP contribution < -0.4 is 0 Å². The summed E-state index contributed by atoms with van der Waals surface area (Å²) in [6.07, 6.45) is 0.0983. The summed E-state index contributed by atoms with van der Waals surface area (Å²) in [5, 5.41) is 0. The molecule has 0 amide bonds. The minimum atomic E-state index is 0. The first kappa shape index (κ1) is 21.4. The fourth-order valence-corrected chi connectivity index (χ4v) is 2.76. The minimum absolute atomic E-state index is 0. The summed E-state index contributed by atoms with van der Waals surface area (Å²) in [7, 11) is 3.93. The Bertz CT molecular complexity index is 617. The van der Waals surface area contributed by atoms with Crippen molar-refractivity contribution < 1.29 is 21.8 Å². The molecule has 2 atom stereocenters. The van der Waals surface area contributed by atoms with Crippen LogP contribution in [0.1, 0.15) is 24.2 Å². The second-order valence-corrected chi connectivity index (χ2v) is 5.98. The van der Waals surface area contributed by atoms with E-state index in [1.165, 1.54) is 11.1 Å². The van der Waals surface area contributed by atoms with Crippen LogP contribution >= 0.6 is 0 Å². The zero-order chi connectivity index (χ0) is 17.2. The van der Waals surface area contributed by atoms with Crippen molar-refractivity contribution in [3.63, 3.8) is 0 Å². The molecule has 0 aliphatic heterocycles. The number of rotatable bonds is 6. The van der Waals surface area contributed by atoms with E-state index in [0.717, 1.165) is 6.54 Å².